The van der Waals surface area contributed by atoms with Gasteiger partial charge in [-0.05, 0) is 19.8 Å². The fourth-order valence-corrected chi connectivity index (χ4v) is 3.06. The molecule has 0 aromatic heterocycles. The van der Waals surface area contributed by atoms with Crippen molar-refractivity contribution in [2.45, 2.75) is 38.3 Å². The van der Waals surface area contributed by atoms with Crippen LogP contribution >= 0.6 is 0 Å². The predicted molar refractivity (Wildman–Crippen MR) is 64.4 cm³/mol. The molecule has 1 rings (SSSR count). The highest BCUT2D eigenvalue weighted by Gasteiger charge is 2.35. The van der Waals surface area contributed by atoms with Crippen LogP contribution in [-0.4, -0.2) is 54.6 Å². The number of carboxylic acids is 1. The standard InChI is InChI=1S/C10H18N2O5S/c1-7(10(14)15)11-9(13)8-5-3-4-6-12(8)18(2,16)17/h7-8H,3-6H2,1-2H3,(H,11,13)(H,14,15)/t7-,8?/m0/s1. The van der Waals surface area contributed by atoms with Crippen LogP contribution in [0.2, 0.25) is 0 Å². The van der Waals surface area contributed by atoms with Crippen molar-refractivity contribution in [1.82, 2.24) is 9.62 Å². The highest BCUT2D eigenvalue weighted by molar-refractivity contribution is 7.88. The molecule has 0 saturated carbocycles. The number of carboxylic acid groups (broad SMARTS) is 1. The molecule has 1 aliphatic rings. The summed E-state index contributed by atoms with van der Waals surface area (Å²) < 4.78 is 24.2. The molecule has 104 valence electrons. The number of carbonyl (C=O) groups excluding carboxylic acids is 1. The summed E-state index contributed by atoms with van der Waals surface area (Å²) in [6.45, 7) is 1.65. The summed E-state index contributed by atoms with van der Waals surface area (Å²) in [7, 11) is -3.45. The van der Waals surface area contributed by atoms with E-state index in [2.05, 4.69) is 5.32 Å². The number of piperidine rings is 1. The van der Waals surface area contributed by atoms with Crippen LogP contribution in [0.5, 0.6) is 0 Å². The summed E-state index contributed by atoms with van der Waals surface area (Å²) in [5.74, 6) is -1.69. The van der Waals surface area contributed by atoms with E-state index in [1.54, 1.807) is 0 Å². The number of sulfonamides is 1. The SMILES string of the molecule is C[C@H](NC(=O)C1CCCCN1S(C)(=O)=O)C(=O)O. The lowest BCUT2D eigenvalue weighted by Gasteiger charge is -2.32. The van der Waals surface area contributed by atoms with Crippen molar-refractivity contribution in [3.05, 3.63) is 0 Å². The minimum absolute atomic E-state index is 0.304. The second kappa shape index (κ2) is 5.66. The molecule has 1 saturated heterocycles. The fourth-order valence-electron chi connectivity index (χ4n) is 1.94. The topological polar surface area (TPSA) is 104 Å². The molecule has 1 fully saturated rings. The van der Waals surface area contributed by atoms with E-state index < -0.39 is 34.0 Å². The number of rotatable bonds is 4. The molecule has 2 atom stereocenters. The number of nitrogens with zero attached hydrogens (tertiary/aromatic N) is 1. The van der Waals surface area contributed by atoms with Gasteiger partial charge in [-0.25, -0.2) is 8.42 Å². The lowest BCUT2D eigenvalue weighted by molar-refractivity contribution is -0.142. The van der Waals surface area contributed by atoms with Crippen molar-refractivity contribution in [3.63, 3.8) is 0 Å². The largest absolute Gasteiger partial charge is 0.480 e. The van der Waals surface area contributed by atoms with Gasteiger partial charge in [-0.1, -0.05) is 6.42 Å². The number of carbonyl (C=O) groups is 2. The van der Waals surface area contributed by atoms with Crippen molar-refractivity contribution >= 4 is 21.9 Å². The van der Waals surface area contributed by atoms with Crippen LogP contribution in [0.25, 0.3) is 0 Å². The summed E-state index contributed by atoms with van der Waals surface area (Å²) in [6.07, 6.45) is 2.95. The van der Waals surface area contributed by atoms with Crippen molar-refractivity contribution in [2.75, 3.05) is 12.8 Å². The minimum Gasteiger partial charge on any atom is -0.480 e. The van der Waals surface area contributed by atoms with Crippen LogP contribution < -0.4 is 5.32 Å². The zero-order valence-corrected chi connectivity index (χ0v) is 11.2. The van der Waals surface area contributed by atoms with Gasteiger partial charge in [0.25, 0.3) is 0 Å². The maximum atomic E-state index is 11.9. The first-order valence-corrected chi connectivity index (χ1v) is 7.58. The molecule has 18 heavy (non-hydrogen) atoms. The van der Waals surface area contributed by atoms with Gasteiger partial charge in [0.05, 0.1) is 6.26 Å². The van der Waals surface area contributed by atoms with Gasteiger partial charge in [0.15, 0.2) is 0 Å². The van der Waals surface area contributed by atoms with E-state index in [0.717, 1.165) is 17.0 Å². The summed E-state index contributed by atoms with van der Waals surface area (Å²) in [6, 6.07) is -1.82. The van der Waals surface area contributed by atoms with Crippen molar-refractivity contribution in [3.8, 4) is 0 Å². The number of nitrogens with one attached hydrogen (secondary N) is 1. The Morgan fingerprint density at radius 3 is 2.50 bits per heavy atom. The lowest BCUT2D eigenvalue weighted by Crippen LogP contribution is -2.54. The molecule has 2 N–H and O–H groups in total. The fraction of sp³-hybridized carbons (Fsp3) is 0.800. The number of hydrogen-bond donors (Lipinski definition) is 2. The van der Waals surface area contributed by atoms with E-state index in [4.69, 9.17) is 5.11 Å². The van der Waals surface area contributed by atoms with E-state index in [-0.39, 0.29) is 0 Å². The van der Waals surface area contributed by atoms with Gasteiger partial charge in [-0.2, -0.15) is 4.31 Å². The third-order valence-corrected chi connectivity index (χ3v) is 4.20. The Morgan fingerprint density at radius 1 is 1.39 bits per heavy atom. The van der Waals surface area contributed by atoms with Gasteiger partial charge in [0.1, 0.15) is 12.1 Å². The minimum atomic E-state index is -3.45. The summed E-state index contributed by atoms with van der Waals surface area (Å²) in [4.78, 5) is 22.5. The Labute approximate surface area is 106 Å². The highest BCUT2D eigenvalue weighted by atomic mass is 32.2. The summed E-state index contributed by atoms with van der Waals surface area (Å²) >= 11 is 0. The molecule has 1 amide bonds. The molecule has 0 aromatic rings. The van der Waals surface area contributed by atoms with Crippen molar-refractivity contribution in [2.24, 2.45) is 0 Å². The molecule has 0 bridgehead atoms. The average molecular weight is 278 g/mol. The van der Waals surface area contributed by atoms with E-state index in [1.807, 2.05) is 0 Å². The van der Waals surface area contributed by atoms with E-state index in [9.17, 15) is 18.0 Å². The first kappa shape index (κ1) is 14.9. The van der Waals surface area contributed by atoms with E-state index >= 15 is 0 Å². The third kappa shape index (κ3) is 3.67. The maximum absolute atomic E-state index is 11.9. The van der Waals surface area contributed by atoms with Crippen LogP contribution in [0, 0.1) is 0 Å². The number of amides is 1. The Morgan fingerprint density at radius 2 is 2.00 bits per heavy atom. The maximum Gasteiger partial charge on any atom is 0.325 e. The van der Waals surface area contributed by atoms with Gasteiger partial charge in [0.2, 0.25) is 15.9 Å². The predicted octanol–water partition coefficient (Wildman–Crippen LogP) is -0.610. The molecule has 8 heteroatoms. The summed E-state index contributed by atoms with van der Waals surface area (Å²) in [5.41, 5.74) is 0. The highest BCUT2D eigenvalue weighted by Crippen LogP contribution is 2.20. The van der Waals surface area contributed by atoms with Crippen LogP contribution in [0.4, 0.5) is 0 Å². The van der Waals surface area contributed by atoms with Gasteiger partial charge >= 0.3 is 5.97 Å². The van der Waals surface area contributed by atoms with E-state index in [1.165, 1.54) is 6.92 Å². The number of aliphatic carboxylic acids is 1. The number of hydrogen-bond acceptors (Lipinski definition) is 4. The van der Waals surface area contributed by atoms with Gasteiger partial charge in [-0.15, -0.1) is 0 Å². The van der Waals surface area contributed by atoms with Crippen LogP contribution in [0.15, 0.2) is 0 Å². The zero-order valence-electron chi connectivity index (χ0n) is 10.4. The lowest BCUT2D eigenvalue weighted by atomic mass is 10.0. The van der Waals surface area contributed by atoms with Crippen LogP contribution in [0.3, 0.4) is 0 Å². The molecule has 1 heterocycles. The zero-order chi connectivity index (χ0) is 13.9. The van der Waals surface area contributed by atoms with E-state index in [0.29, 0.717) is 19.4 Å². The van der Waals surface area contributed by atoms with Gasteiger partial charge in [0, 0.05) is 6.54 Å². The second-order valence-electron chi connectivity index (χ2n) is 4.45. The average Bonchev–Trinajstić information content (AvgIpc) is 2.27. The first-order chi connectivity index (χ1) is 8.23. The van der Waals surface area contributed by atoms with Crippen molar-refractivity contribution < 1.29 is 23.1 Å². The third-order valence-electron chi connectivity index (χ3n) is 2.91. The second-order valence-corrected chi connectivity index (χ2v) is 6.39. The van der Waals surface area contributed by atoms with Gasteiger partial charge < -0.3 is 10.4 Å². The first-order valence-electron chi connectivity index (χ1n) is 5.73. The molecular formula is C10H18N2O5S. The molecular weight excluding hydrogens is 260 g/mol. The molecule has 1 unspecified atom stereocenters. The van der Waals surface area contributed by atoms with Crippen molar-refractivity contribution in [1.29, 1.82) is 0 Å². The normalized spacial score (nSPS) is 23.3. The quantitative estimate of drug-likeness (QED) is 0.714. The molecule has 0 spiro atoms. The molecule has 7 nitrogen and oxygen atoms in total. The molecule has 0 radical (unpaired) electrons. The van der Waals surface area contributed by atoms with Crippen LogP contribution in [-0.2, 0) is 19.6 Å². The van der Waals surface area contributed by atoms with Gasteiger partial charge in [-0.3, -0.25) is 9.59 Å². The smallest absolute Gasteiger partial charge is 0.325 e. The Kier molecular flexibility index (Phi) is 4.69. The molecule has 1 aliphatic heterocycles. The van der Waals surface area contributed by atoms with Crippen LogP contribution in [0.1, 0.15) is 26.2 Å². The molecule has 0 aromatic carbocycles. The monoisotopic (exact) mass is 278 g/mol. The molecule has 0 aliphatic carbocycles. The summed E-state index contributed by atoms with van der Waals surface area (Å²) in [5, 5.41) is 11.0. The Bertz CT molecular complexity index is 434. The Hall–Kier alpha value is -1.15. The Balaban J connectivity index is 2.78.